The third kappa shape index (κ3) is 9.20. The number of ether oxygens (including phenoxy) is 2. The van der Waals surface area contributed by atoms with Crippen molar-refractivity contribution in [3.63, 3.8) is 0 Å². The highest BCUT2D eigenvalue weighted by atomic mass is 16.5. The monoisotopic (exact) mass is 361 g/mol. The van der Waals surface area contributed by atoms with Crippen molar-refractivity contribution in [2.75, 3.05) is 40.0 Å². The molecule has 1 saturated heterocycles. The molecule has 5 nitrogen and oxygen atoms in total. The van der Waals surface area contributed by atoms with E-state index >= 15 is 0 Å². The topological polar surface area (TPSA) is 54.9 Å². The van der Waals surface area contributed by atoms with E-state index < -0.39 is 0 Å². The van der Waals surface area contributed by atoms with Gasteiger partial charge in [0.25, 0.3) is 0 Å². The maximum absolute atomic E-state index is 5.67. The Morgan fingerprint density at radius 2 is 1.92 bits per heavy atom. The van der Waals surface area contributed by atoms with Gasteiger partial charge in [0, 0.05) is 33.4 Å². The van der Waals surface area contributed by atoms with Crippen LogP contribution < -0.4 is 10.6 Å². The van der Waals surface area contributed by atoms with Crippen LogP contribution >= 0.6 is 0 Å². The fraction of sp³-hybridized carbons (Fsp3) is 0.667. The van der Waals surface area contributed by atoms with Crippen molar-refractivity contribution in [3.8, 4) is 0 Å². The smallest absolute Gasteiger partial charge is 0.190 e. The molecule has 0 aromatic heterocycles. The average Bonchev–Trinajstić information content (AvgIpc) is 3.19. The Balaban J connectivity index is 1.40. The summed E-state index contributed by atoms with van der Waals surface area (Å²) in [6, 6.07) is 10.7. The number of aryl methyl sites for hydroxylation is 1. The van der Waals surface area contributed by atoms with Gasteiger partial charge in [-0.1, -0.05) is 36.8 Å². The van der Waals surface area contributed by atoms with Crippen LogP contribution in [-0.2, 0) is 15.9 Å². The number of aliphatic imine (C=N–C) groups is 1. The number of hydrogen-bond acceptors (Lipinski definition) is 3. The van der Waals surface area contributed by atoms with Crippen LogP contribution in [0.15, 0.2) is 35.3 Å². The van der Waals surface area contributed by atoms with E-state index in [9.17, 15) is 0 Å². The Labute approximate surface area is 158 Å². The lowest BCUT2D eigenvalue weighted by Gasteiger charge is -2.13. The standard InChI is InChI=1S/C21H35N3O2/c1-22-21(24-15-9-16-25-18-20-13-8-17-26-20)23-14-7-3-6-12-19-10-4-2-5-11-19/h2,4-5,10-11,20H,3,6-9,12-18H2,1H3,(H2,22,23,24). The first-order chi connectivity index (χ1) is 12.9. The van der Waals surface area contributed by atoms with Crippen molar-refractivity contribution in [1.29, 1.82) is 0 Å². The molecule has 5 heteroatoms. The van der Waals surface area contributed by atoms with Crippen molar-refractivity contribution in [2.24, 2.45) is 4.99 Å². The molecule has 0 radical (unpaired) electrons. The summed E-state index contributed by atoms with van der Waals surface area (Å²) in [5, 5.41) is 6.72. The third-order valence-corrected chi connectivity index (χ3v) is 4.59. The van der Waals surface area contributed by atoms with Gasteiger partial charge >= 0.3 is 0 Å². The van der Waals surface area contributed by atoms with E-state index in [-0.39, 0.29) is 0 Å². The SMILES string of the molecule is CN=C(NCCCCCc1ccccc1)NCCCOCC1CCCO1. The minimum Gasteiger partial charge on any atom is -0.379 e. The predicted octanol–water partition coefficient (Wildman–Crippen LogP) is 3.15. The number of nitrogens with zero attached hydrogens (tertiary/aromatic N) is 1. The summed E-state index contributed by atoms with van der Waals surface area (Å²) >= 11 is 0. The van der Waals surface area contributed by atoms with Gasteiger partial charge in [0.1, 0.15) is 0 Å². The molecule has 1 unspecified atom stereocenters. The number of guanidine groups is 1. The second-order valence-electron chi connectivity index (χ2n) is 6.79. The first-order valence-electron chi connectivity index (χ1n) is 10.1. The second kappa shape index (κ2) is 13.6. The Morgan fingerprint density at radius 3 is 2.65 bits per heavy atom. The molecule has 0 amide bonds. The number of unbranched alkanes of at least 4 members (excludes halogenated alkanes) is 2. The largest absolute Gasteiger partial charge is 0.379 e. The maximum Gasteiger partial charge on any atom is 0.190 e. The molecule has 1 atom stereocenters. The molecular formula is C21H35N3O2. The summed E-state index contributed by atoms with van der Waals surface area (Å²) in [6.45, 7) is 4.23. The molecule has 1 aliphatic heterocycles. The quantitative estimate of drug-likeness (QED) is 0.341. The summed E-state index contributed by atoms with van der Waals surface area (Å²) < 4.78 is 11.2. The summed E-state index contributed by atoms with van der Waals surface area (Å²) in [6.07, 6.45) is 8.40. The zero-order valence-corrected chi connectivity index (χ0v) is 16.2. The predicted molar refractivity (Wildman–Crippen MR) is 108 cm³/mol. The number of benzene rings is 1. The summed E-state index contributed by atoms with van der Waals surface area (Å²) in [5.41, 5.74) is 1.43. The highest BCUT2D eigenvalue weighted by molar-refractivity contribution is 5.79. The molecule has 1 fully saturated rings. The molecule has 26 heavy (non-hydrogen) atoms. The minimum atomic E-state index is 0.319. The van der Waals surface area contributed by atoms with Crippen molar-refractivity contribution in [3.05, 3.63) is 35.9 Å². The molecule has 1 aromatic rings. The van der Waals surface area contributed by atoms with Crippen molar-refractivity contribution < 1.29 is 9.47 Å². The Bertz CT molecular complexity index is 487. The van der Waals surface area contributed by atoms with E-state index in [1.807, 2.05) is 7.05 Å². The lowest BCUT2D eigenvalue weighted by atomic mass is 10.1. The fourth-order valence-corrected chi connectivity index (χ4v) is 3.07. The molecule has 0 spiro atoms. The van der Waals surface area contributed by atoms with Gasteiger partial charge in [-0.15, -0.1) is 0 Å². The van der Waals surface area contributed by atoms with E-state index in [2.05, 4.69) is 46.0 Å². The average molecular weight is 362 g/mol. The van der Waals surface area contributed by atoms with Crippen LogP contribution in [0.3, 0.4) is 0 Å². The zero-order chi connectivity index (χ0) is 18.3. The van der Waals surface area contributed by atoms with E-state index in [0.29, 0.717) is 6.10 Å². The first kappa shape index (κ1) is 20.7. The molecular weight excluding hydrogens is 326 g/mol. The third-order valence-electron chi connectivity index (χ3n) is 4.59. The number of rotatable bonds is 12. The Morgan fingerprint density at radius 1 is 1.12 bits per heavy atom. The Kier molecular flexibility index (Phi) is 10.8. The molecule has 1 aromatic carbocycles. The molecule has 0 aliphatic carbocycles. The van der Waals surface area contributed by atoms with Crippen LogP contribution in [0.5, 0.6) is 0 Å². The van der Waals surface area contributed by atoms with Gasteiger partial charge in [-0.25, -0.2) is 0 Å². The van der Waals surface area contributed by atoms with Gasteiger partial charge in [0.15, 0.2) is 5.96 Å². The molecule has 0 bridgehead atoms. The van der Waals surface area contributed by atoms with Gasteiger partial charge in [-0.05, 0) is 44.1 Å². The van der Waals surface area contributed by atoms with Crippen molar-refractivity contribution in [1.82, 2.24) is 10.6 Å². The maximum atomic E-state index is 5.67. The van der Waals surface area contributed by atoms with Gasteiger partial charge in [-0.2, -0.15) is 0 Å². The lowest BCUT2D eigenvalue weighted by molar-refractivity contribution is 0.0168. The van der Waals surface area contributed by atoms with Crippen LogP contribution in [0, 0.1) is 0 Å². The van der Waals surface area contributed by atoms with Gasteiger partial charge in [0.05, 0.1) is 12.7 Å². The number of nitrogens with one attached hydrogen (secondary N) is 2. The van der Waals surface area contributed by atoms with Gasteiger partial charge in [-0.3, -0.25) is 4.99 Å². The van der Waals surface area contributed by atoms with Crippen LogP contribution in [0.1, 0.15) is 44.1 Å². The zero-order valence-electron chi connectivity index (χ0n) is 16.2. The summed E-state index contributed by atoms with van der Waals surface area (Å²) in [7, 11) is 1.82. The van der Waals surface area contributed by atoms with Crippen LogP contribution in [0.2, 0.25) is 0 Å². The lowest BCUT2D eigenvalue weighted by Crippen LogP contribution is -2.38. The van der Waals surface area contributed by atoms with E-state index in [1.54, 1.807) is 0 Å². The van der Waals surface area contributed by atoms with Crippen LogP contribution in [0.4, 0.5) is 0 Å². The fourth-order valence-electron chi connectivity index (χ4n) is 3.07. The molecule has 2 N–H and O–H groups in total. The first-order valence-corrected chi connectivity index (χ1v) is 10.1. The highest BCUT2D eigenvalue weighted by Crippen LogP contribution is 2.11. The van der Waals surface area contributed by atoms with E-state index in [4.69, 9.17) is 9.47 Å². The van der Waals surface area contributed by atoms with Crippen molar-refractivity contribution in [2.45, 2.75) is 51.0 Å². The van der Waals surface area contributed by atoms with E-state index in [1.165, 1.54) is 31.2 Å². The van der Waals surface area contributed by atoms with Crippen molar-refractivity contribution >= 4 is 5.96 Å². The van der Waals surface area contributed by atoms with Gasteiger partial charge in [0.2, 0.25) is 0 Å². The molecule has 146 valence electrons. The molecule has 0 saturated carbocycles. The summed E-state index contributed by atoms with van der Waals surface area (Å²) in [4.78, 5) is 4.27. The molecule has 1 aliphatic rings. The Hall–Kier alpha value is -1.59. The second-order valence-corrected chi connectivity index (χ2v) is 6.79. The highest BCUT2D eigenvalue weighted by Gasteiger charge is 2.14. The van der Waals surface area contributed by atoms with Gasteiger partial charge < -0.3 is 20.1 Å². The number of hydrogen-bond donors (Lipinski definition) is 2. The molecule has 1 heterocycles. The minimum absolute atomic E-state index is 0.319. The summed E-state index contributed by atoms with van der Waals surface area (Å²) in [5.74, 6) is 0.882. The molecule has 2 rings (SSSR count). The van der Waals surface area contributed by atoms with Crippen LogP contribution in [-0.4, -0.2) is 52.0 Å². The van der Waals surface area contributed by atoms with E-state index in [0.717, 1.165) is 58.1 Å². The van der Waals surface area contributed by atoms with Crippen LogP contribution in [0.25, 0.3) is 0 Å². The normalized spacial score (nSPS) is 17.4.